The first-order valence-corrected chi connectivity index (χ1v) is 10.4. The molecular weight excluding hydrogens is 362 g/mol. The van der Waals surface area contributed by atoms with E-state index >= 15 is 0 Å². The molecule has 1 aliphatic rings. The zero-order chi connectivity index (χ0) is 18.9. The van der Waals surface area contributed by atoms with E-state index in [2.05, 4.69) is 10.3 Å². The molecule has 6 nitrogen and oxygen atoms in total. The number of hydrogen-bond acceptors (Lipinski definition) is 3. The summed E-state index contributed by atoms with van der Waals surface area (Å²) in [6, 6.07) is 14.3. The number of anilines is 1. The highest BCUT2D eigenvalue weighted by Gasteiger charge is 2.27. The molecule has 0 atom stereocenters. The maximum atomic E-state index is 12.7. The second kappa shape index (κ2) is 7.17. The van der Waals surface area contributed by atoms with Crippen LogP contribution < -0.4 is 5.32 Å². The predicted molar refractivity (Wildman–Crippen MR) is 105 cm³/mol. The van der Waals surface area contributed by atoms with Crippen molar-refractivity contribution in [2.24, 2.45) is 0 Å². The third-order valence-electron chi connectivity index (χ3n) is 4.85. The molecule has 1 saturated heterocycles. The van der Waals surface area contributed by atoms with Crippen molar-refractivity contribution in [3.63, 3.8) is 0 Å². The van der Waals surface area contributed by atoms with Crippen LogP contribution in [0.2, 0.25) is 0 Å². The quantitative estimate of drug-likeness (QED) is 0.710. The zero-order valence-corrected chi connectivity index (χ0v) is 15.6. The van der Waals surface area contributed by atoms with Gasteiger partial charge in [0.25, 0.3) is 0 Å². The average Bonchev–Trinajstić information content (AvgIpc) is 3.33. The number of hydrogen-bond donors (Lipinski definition) is 2. The number of para-hydroxylation sites is 1. The first-order chi connectivity index (χ1) is 13.0. The smallest absolute Gasteiger partial charge is 0.243 e. The summed E-state index contributed by atoms with van der Waals surface area (Å²) < 4.78 is 26.9. The number of amides is 1. The molecule has 27 heavy (non-hydrogen) atoms. The van der Waals surface area contributed by atoms with E-state index in [1.807, 2.05) is 30.5 Å². The van der Waals surface area contributed by atoms with Gasteiger partial charge in [-0.2, -0.15) is 4.31 Å². The van der Waals surface area contributed by atoms with Crippen molar-refractivity contribution in [1.29, 1.82) is 0 Å². The second-order valence-electron chi connectivity index (χ2n) is 6.72. The number of H-pyrrole nitrogens is 1. The van der Waals surface area contributed by atoms with Crippen LogP contribution in [-0.2, 0) is 21.2 Å². The number of nitrogens with zero attached hydrogens (tertiary/aromatic N) is 1. The predicted octanol–water partition coefficient (Wildman–Crippen LogP) is 3.13. The zero-order valence-electron chi connectivity index (χ0n) is 14.8. The molecule has 7 heteroatoms. The average molecular weight is 383 g/mol. The Morgan fingerprint density at radius 2 is 1.85 bits per heavy atom. The molecule has 140 valence electrons. The SMILES string of the molecule is O=C(Cc1c[nH]c2ccccc12)Nc1cccc(S(=O)(=O)N2CCCC2)c1. The van der Waals surface area contributed by atoms with E-state index in [0.29, 0.717) is 18.8 Å². The molecule has 0 unspecified atom stereocenters. The summed E-state index contributed by atoms with van der Waals surface area (Å²) in [5, 5.41) is 3.82. The Bertz CT molecular complexity index is 1080. The molecule has 0 bridgehead atoms. The fourth-order valence-corrected chi connectivity index (χ4v) is 5.03. The van der Waals surface area contributed by atoms with Gasteiger partial charge in [0.15, 0.2) is 0 Å². The van der Waals surface area contributed by atoms with Crippen LogP contribution in [0.25, 0.3) is 10.9 Å². The number of carbonyl (C=O) groups is 1. The molecule has 2 aromatic carbocycles. The Morgan fingerprint density at radius 1 is 1.07 bits per heavy atom. The molecule has 0 radical (unpaired) electrons. The Morgan fingerprint density at radius 3 is 2.67 bits per heavy atom. The molecule has 1 aliphatic heterocycles. The van der Waals surface area contributed by atoms with Gasteiger partial charge in [-0.25, -0.2) is 8.42 Å². The molecule has 2 N–H and O–H groups in total. The van der Waals surface area contributed by atoms with Gasteiger partial charge in [-0.15, -0.1) is 0 Å². The monoisotopic (exact) mass is 383 g/mol. The normalized spacial score (nSPS) is 15.3. The van der Waals surface area contributed by atoms with Crippen molar-refractivity contribution in [2.45, 2.75) is 24.2 Å². The Hall–Kier alpha value is -2.64. The van der Waals surface area contributed by atoms with E-state index < -0.39 is 10.0 Å². The topological polar surface area (TPSA) is 82.3 Å². The van der Waals surface area contributed by atoms with E-state index in [1.54, 1.807) is 18.2 Å². The standard InChI is InChI=1S/C20H21N3O3S/c24-20(12-15-14-21-19-9-2-1-8-18(15)19)22-16-6-5-7-17(13-16)27(25,26)23-10-3-4-11-23/h1-2,5-9,13-14,21H,3-4,10-12H2,(H,22,24). The number of rotatable bonds is 5. The Balaban J connectivity index is 1.50. The number of sulfonamides is 1. The van der Waals surface area contributed by atoms with E-state index in [-0.39, 0.29) is 17.2 Å². The highest BCUT2D eigenvalue weighted by atomic mass is 32.2. The largest absolute Gasteiger partial charge is 0.361 e. The van der Waals surface area contributed by atoms with Gasteiger partial charge >= 0.3 is 0 Å². The molecule has 1 amide bonds. The molecule has 0 saturated carbocycles. The van der Waals surface area contributed by atoms with Crippen molar-refractivity contribution >= 4 is 32.5 Å². The fraction of sp³-hybridized carbons (Fsp3) is 0.250. The van der Waals surface area contributed by atoms with Gasteiger partial charge in [-0.1, -0.05) is 24.3 Å². The summed E-state index contributed by atoms with van der Waals surface area (Å²) in [7, 11) is -3.50. The minimum atomic E-state index is -3.50. The van der Waals surface area contributed by atoms with Crippen LogP contribution in [0.3, 0.4) is 0 Å². The molecular formula is C20H21N3O3S. The van der Waals surface area contributed by atoms with Gasteiger partial charge in [0, 0.05) is 35.9 Å². The summed E-state index contributed by atoms with van der Waals surface area (Å²) in [5.41, 5.74) is 2.38. The van der Waals surface area contributed by atoms with E-state index in [1.165, 1.54) is 10.4 Å². The molecule has 1 aromatic heterocycles. The van der Waals surface area contributed by atoms with Crippen molar-refractivity contribution < 1.29 is 13.2 Å². The molecule has 4 rings (SSSR count). The number of benzene rings is 2. The number of aromatic amines is 1. The van der Waals surface area contributed by atoms with Crippen molar-refractivity contribution in [3.05, 3.63) is 60.3 Å². The van der Waals surface area contributed by atoms with Crippen molar-refractivity contribution in [2.75, 3.05) is 18.4 Å². The lowest BCUT2D eigenvalue weighted by molar-refractivity contribution is -0.115. The van der Waals surface area contributed by atoms with Gasteiger partial charge < -0.3 is 10.3 Å². The van der Waals surface area contributed by atoms with Gasteiger partial charge in [0.1, 0.15) is 0 Å². The summed E-state index contributed by atoms with van der Waals surface area (Å²) in [5.74, 6) is -0.185. The first kappa shape index (κ1) is 17.8. The summed E-state index contributed by atoms with van der Waals surface area (Å²) in [6.45, 7) is 1.11. The lowest BCUT2D eigenvalue weighted by Crippen LogP contribution is -2.28. The molecule has 1 fully saturated rings. The van der Waals surface area contributed by atoms with Gasteiger partial charge in [-0.05, 0) is 42.7 Å². The molecule has 0 spiro atoms. The Kier molecular flexibility index (Phi) is 4.72. The fourth-order valence-electron chi connectivity index (χ4n) is 3.47. The van der Waals surface area contributed by atoms with Crippen LogP contribution in [0.5, 0.6) is 0 Å². The third-order valence-corrected chi connectivity index (χ3v) is 6.74. The van der Waals surface area contributed by atoms with E-state index in [9.17, 15) is 13.2 Å². The van der Waals surface area contributed by atoms with Crippen molar-refractivity contribution in [3.8, 4) is 0 Å². The number of nitrogens with one attached hydrogen (secondary N) is 2. The van der Waals surface area contributed by atoms with Gasteiger partial charge in [0.05, 0.1) is 11.3 Å². The van der Waals surface area contributed by atoms with Crippen LogP contribution in [-0.4, -0.2) is 36.7 Å². The second-order valence-corrected chi connectivity index (χ2v) is 8.66. The van der Waals surface area contributed by atoms with Crippen LogP contribution in [0, 0.1) is 0 Å². The van der Waals surface area contributed by atoms with Gasteiger partial charge in [-0.3, -0.25) is 4.79 Å². The number of carbonyl (C=O) groups excluding carboxylic acids is 1. The maximum absolute atomic E-state index is 12.7. The van der Waals surface area contributed by atoms with Crippen molar-refractivity contribution in [1.82, 2.24) is 9.29 Å². The van der Waals surface area contributed by atoms with Crippen LogP contribution in [0.15, 0.2) is 59.6 Å². The summed E-state index contributed by atoms with van der Waals surface area (Å²) in [6.07, 6.45) is 3.83. The minimum absolute atomic E-state index is 0.185. The summed E-state index contributed by atoms with van der Waals surface area (Å²) >= 11 is 0. The highest BCUT2D eigenvalue weighted by Crippen LogP contribution is 2.23. The van der Waals surface area contributed by atoms with Crippen LogP contribution in [0.1, 0.15) is 18.4 Å². The molecule has 3 aromatic rings. The lowest BCUT2D eigenvalue weighted by Gasteiger charge is -2.16. The minimum Gasteiger partial charge on any atom is -0.361 e. The van der Waals surface area contributed by atoms with Crippen LogP contribution in [0.4, 0.5) is 5.69 Å². The summed E-state index contributed by atoms with van der Waals surface area (Å²) in [4.78, 5) is 15.8. The molecule has 0 aliphatic carbocycles. The maximum Gasteiger partial charge on any atom is 0.243 e. The van der Waals surface area contributed by atoms with Crippen LogP contribution >= 0.6 is 0 Å². The Labute approximate surface area is 158 Å². The number of aromatic nitrogens is 1. The first-order valence-electron chi connectivity index (χ1n) is 8.99. The van der Waals surface area contributed by atoms with Gasteiger partial charge in [0.2, 0.25) is 15.9 Å². The molecule has 2 heterocycles. The number of fused-ring (bicyclic) bond motifs is 1. The van der Waals surface area contributed by atoms with E-state index in [0.717, 1.165) is 29.3 Å². The van der Waals surface area contributed by atoms with E-state index in [4.69, 9.17) is 0 Å². The lowest BCUT2D eigenvalue weighted by atomic mass is 10.1. The third kappa shape index (κ3) is 3.61. The highest BCUT2D eigenvalue weighted by molar-refractivity contribution is 7.89.